The van der Waals surface area contributed by atoms with Crippen molar-refractivity contribution in [2.24, 2.45) is 0 Å². The van der Waals surface area contributed by atoms with E-state index in [9.17, 15) is 13.2 Å². The second-order valence-corrected chi connectivity index (χ2v) is 10.7. The number of anilines is 1. The fourth-order valence-electron chi connectivity index (χ4n) is 3.72. The fraction of sp³-hybridized carbons (Fsp3) is 0.240. The van der Waals surface area contributed by atoms with E-state index >= 15 is 0 Å². The van der Waals surface area contributed by atoms with Gasteiger partial charge in [0, 0.05) is 29.7 Å². The van der Waals surface area contributed by atoms with Crippen molar-refractivity contribution in [1.29, 1.82) is 0 Å². The first-order chi connectivity index (χ1) is 15.9. The standard InChI is InChI=1S/C25H25BrN2O4S/c26-20-8-13-24(32-17-14-19-6-2-1-3-7-19)23(18-20)25(29)27-21-9-11-22(12-10-21)33(30,31)28-15-4-5-16-28/h1-3,6-13,18H,4-5,14-17H2,(H,27,29). The van der Waals surface area contributed by atoms with Crippen LogP contribution < -0.4 is 10.1 Å². The molecule has 8 heteroatoms. The highest BCUT2D eigenvalue weighted by molar-refractivity contribution is 9.10. The fourth-order valence-corrected chi connectivity index (χ4v) is 5.59. The second-order valence-electron chi connectivity index (χ2n) is 7.81. The lowest BCUT2D eigenvalue weighted by Crippen LogP contribution is -2.27. The minimum Gasteiger partial charge on any atom is -0.492 e. The summed E-state index contributed by atoms with van der Waals surface area (Å²) in [5.74, 6) is 0.154. The van der Waals surface area contributed by atoms with Crippen LogP contribution in [-0.2, 0) is 16.4 Å². The molecule has 33 heavy (non-hydrogen) atoms. The summed E-state index contributed by atoms with van der Waals surface area (Å²) in [4.78, 5) is 13.2. The van der Waals surface area contributed by atoms with Gasteiger partial charge in [-0.2, -0.15) is 4.31 Å². The number of carbonyl (C=O) groups excluding carboxylic acids is 1. The van der Waals surface area contributed by atoms with Crippen LogP contribution in [0, 0.1) is 0 Å². The lowest BCUT2D eigenvalue weighted by molar-refractivity contribution is 0.102. The van der Waals surface area contributed by atoms with E-state index in [1.54, 1.807) is 24.3 Å². The summed E-state index contributed by atoms with van der Waals surface area (Å²) in [5, 5.41) is 2.83. The Labute approximate surface area is 202 Å². The zero-order valence-corrected chi connectivity index (χ0v) is 20.4. The van der Waals surface area contributed by atoms with Crippen LogP contribution in [0.2, 0.25) is 0 Å². The van der Waals surface area contributed by atoms with Gasteiger partial charge in [0.25, 0.3) is 5.91 Å². The van der Waals surface area contributed by atoms with Gasteiger partial charge >= 0.3 is 0 Å². The molecule has 0 radical (unpaired) electrons. The summed E-state index contributed by atoms with van der Waals surface area (Å²) in [5.41, 5.74) is 2.06. The number of ether oxygens (including phenoxy) is 1. The van der Waals surface area contributed by atoms with Crippen LogP contribution >= 0.6 is 15.9 Å². The number of nitrogens with one attached hydrogen (secondary N) is 1. The molecule has 0 aliphatic carbocycles. The summed E-state index contributed by atoms with van der Waals surface area (Å²) >= 11 is 3.41. The summed E-state index contributed by atoms with van der Waals surface area (Å²) in [6.07, 6.45) is 2.50. The Hall–Kier alpha value is -2.68. The average molecular weight is 529 g/mol. The van der Waals surface area contributed by atoms with Crippen molar-refractivity contribution in [2.75, 3.05) is 25.0 Å². The predicted octanol–water partition coefficient (Wildman–Crippen LogP) is 5.11. The molecule has 1 amide bonds. The third kappa shape index (κ3) is 5.82. The van der Waals surface area contributed by atoms with E-state index < -0.39 is 10.0 Å². The molecule has 3 aromatic carbocycles. The third-order valence-electron chi connectivity index (χ3n) is 5.49. The van der Waals surface area contributed by atoms with Gasteiger partial charge in [-0.3, -0.25) is 4.79 Å². The molecule has 3 aromatic rings. The molecule has 0 aromatic heterocycles. The van der Waals surface area contributed by atoms with Crippen molar-refractivity contribution in [2.45, 2.75) is 24.2 Å². The van der Waals surface area contributed by atoms with E-state index in [-0.39, 0.29) is 10.8 Å². The van der Waals surface area contributed by atoms with Crippen molar-refractivity contribution < 1.29 is 17.9 Å². The molecule has 172 valence electrons. The molecule has 1 aliphatic heterocycles. The highest BCUT2D eigenvalue weighted by Gasteiger charge is 2.27. The van der Waals surface area contributed by atoms with Gasteiger partial charge < -0.3 is 10.1 Å². The largest absolute Gasteiger partial charge is 0.492 e. The van der Waals surface area contributed by atoms with Crippen molar-refractivity contribution in [3.05, 3.63) is 88.4 Å². The van der Waals surface area contributed by atoms with E-state index in [4.69, 9.17) is 4.74 Å². The molecule has 6 nitrogen and oxygen atoms in total. The van der Waals surface area contributed by atoms with Crippen molar-refractivity contribution in [3.63, 3.8) is 0 Å². The number of nitrogens with zero attached hydrogens (tertiary/aromatic N) is 1. The maximum atomic E-state index is 13.0. The van der Waals surface area contributed by atoms with Gasteiger partial charge in [0.1, 0.15) is 5.75 Å². The summed E-state index contributed by atoms with van der Waals surface area (Å²) < 4.78 is 33.6. The molecule has 1 N–H and O–H groups in total. The molecular weight excluding hydrogens is 504 g/mol. The Kier molecular flexibility index (Phi) is 7.47. The third-order valence-corrected chi connectivity index (χ3v) is 7.90. The van der Waals surface area contributed by atoms with Crippen LogP contribution in [-0.4, -0.2) is 38.3 Å². The second kappa shape index (κ2) is 10.5. The highest BCUT2D eigenvalue weighted by Crippen LogP contribution is 2.26. The Balaban J connectivity index is 1.44. The first-order valence-electron chi connectivity index (χ1n) is 10.8. The summed E-state index contributed by atoms with van der Waals surface area (Å²) in [6, 6.07) is 21.6. The lowest BCUT2D eigenvalue weighted by atomic mass is 10.1. The van der Waals surface area contributed by atoms with Gasteiger partial charge in [0.05, 0.1) is 17.1 Å². The Morgan fingerprint density at radius 2 is 1.67 bits per heavy atom. The number of rotatable bonds is 8. The van der Waals surface area contributed by atoms with Gasteiger partial charge in [0.2, 0.25) is 10.0 Å². The normalized spacial score (nSPS) is 14.2. The number of hydrogen-bond acceptors (Lipinski definition) is 4. The Bertz CT molecular complexity index is 1210. The minimum absolute atomic E-state index is 0.231. The molecule has 4 rings (SSSR count). The van der Waals surface area contributed by atoms with Crippen molar-refractivity contribution in [1.82, 2.24) is 4.31 Å². The van der Waals surface area contributed by atoms with Crippen LogP contribution in [0.1, 0.15) is 28.8 Å². The number of hydrogen-bond donors (Lipinski definition) is 1. The topological polar surface area (TPSA) is 75.7 Å². The van der Waals surface area contributed by atoms with E-state index in [0.29, 0.717) is 36.7 Å². The molecule has 1 aliphatic rings. The number of benzene rings is 3. The van der Waals surface area contributed by atoms with Crippen LogP contribution in [0.4, 0.5) is 5.69 Å². The van der Waals surface area contributed by atoms with Crippen LogP contribution in [0.5, 0.6) is 5.75 Å². The molecule has 0 saturated carbocycles. The molecule has 0 unspecified atom stereocenters. The highest BCUT2D eigenvalue weighted by atomic mass is 79.9. The summed E-state index contributed by atoms with van der Waals surface area (Å²) in [6.45, 7) is 1.54. The number of carbonyl (C=O) groups is 1. The maximum Gasteiger partial charge on any atom is 0.259 e. The molecule has 1 fully saturated rings. The molecule has 0 spiro atoms. The molecule has 0 atom stereocenters. The van der Waals surface area contributed by atoms with E-state index in [1.165, 1.54) is 16.4 Å². The van der Waals surface area contributed by atoms with Crippen molar-refractivity contribution >= 4 is 37.5 Å². The number of amides is 1. The van der Waals surface area contributed by atoms with Gasteiger partial charge in [-0.25, -0.2) is 8.42 Å². The first kappa shape index (κ1) is 23.5. The Morgan fingerprint density at radius 3 is 2.36 bits per heavy atom. The monoisotopic (exact) mass is 528 g/mol. The zero-order chi connectivity index (χ0) is 23.3. The summed E-state index contributed by atoms with van der Waals surface area (Å²) in [7, 11) is -3.49. The number of sulfonamides is 1. The molecule has 1 saturated heterocycles. The van der Waals surface area contributed by atoms with Gasteiger partial charge in [0.15, 0.2) is 0 Å². The Morgan fingerprint density at radius 1 is 0.970 bits per heavy atom. The molecule has 0 bridgehead atoms. The van der Waals surface area contributed by atoms with E-state index in [2.05, 4.69) is 21.2 Å². The predicted molar refractivity (Wildman–Crippen MR) is 132 cm³/mol. The van der Waals surface area contributed by atoms with Gasteiger partial charge in [-0.15, -0.1) is 0 Å². The van der Waals surface area contributed by atoms with Crippen LogP contribution in [0.3, 0.4) is 0 Å². The van der Waals surface area contributed by atoms with E-state index in [1.807, 2.05) is 36.4 Å². The lowest BCUT2D eigenvalue weighted by Gasteiger charge is -2.16. The smallest absolute Gasteiger partial charge is 0.259 e. The van der Waals surface area contributed by atoms with Gasteiger partial charge in [-0.05, 0) is 60.9 Å². The van der Waals surface area contributed by atoms with E-state index in [0.717, 1.165) is 29.3 Å². The SMILES string of the molecule is O=C(Nc1ccc(S(=O)(=O)N2CCCC2)cc1)c1cc(Br)ccc1OCCc1ccccc1. The van der Waals surface area contributed by atoms with Crippen LogP contribution in [0.15, 0.2) is 82.2 Å². The molecule has 1 heterocycles. The minimum atomic E-state index is -3.49. The molecular formula is C25H25BrN2O4S. The average Bonchev–Trinajstić information content (AvgIpc) is 3.37. The number of halogens is 1. The maximum absolute atomic E-state index is 13.0. The quantitative estimate of drug-likeness (QED) is 0.440. The van der Waals surface area contributed by atoms with Crippen LogP contribution in [0.25, 0.3) is 0 Å². The zero-order valence-electron chi connectivity index (χ0n) is 18.0. The van der Waals surface area contributed by atoms with Gasteiger partial charge in [-0.1, -0.05) is 46.3 Å². The van der Waals surface area contributed by atoms with Crippen molar-refractivity contribution in [3.8, 4) is 5.75 Å². The first-order valence-corrected chi connectivity index (χ1v) is 13.0.